The highest BCUT2D eigenvalue weighted by atomic mass is 14.3. The second-order valence-corrected chi connectivity index (χ2v) is 7.28. The van der Waals surface area contributed by atoms with Crippen LogP contribution in [0.25, 0.3) is 0 Å². The van der Waals surface area contributed by atoms with Crippen LogP contribution in [0.5, 0.6) is 0 Å². The van der Waals surface area contributed by atoms with E-state index >= 15 is 0 Å². The molecule has 0 aromatic heterocycles. The minimum atomic E-state index is 1.01. The maximum absolute atomic E-state index is 3.45. The average Bonchev–Trinajstić information content (AvgIpc) is 2.55. The Morgan fingerprint density at radius 3 is 2.29 bits per heavy atom. The van der Waals surface area contributed by atoms with E-state index in [4.69, 9.17) is 0 Å². The zero-order valence-electron chi connectivity index (χ0n) is 14.2. The Kier molecular flexibility index (Phi) is 8.22. The van der Waals surface area contributed by atoms with Gasteiger partial charge < -0.3 is 0 Å². The second kappa shape index (κ2) is 10.2. The third-order valence-electron chi connectivity index (χ3n) is 5.49. The van der Waals surface area contributed by atoms with Crippen LogP contribution in [0, 0.1) is 17.9 Å². The highest BCUT2D eigenvalue weighted by Crippen LogP contribution is 2.35. The van der Waals surface area contributed by atoms with E-state index in [9.17, 15) is 0 Å². The molecule has 0 N–H and O–H groups in total. The maximum atomic E-state index is 3.45. The van der Waals surface area contributed by atoms with Crippen LogP contribution in [-0.4, -0.2) is 0 Å². The molecule has 0 nitrogen and oxygen atoms in total. The molecule has 1 radical (unpaired) electrons. The van der Waals surface area contributed by atoms with Crippen molar-refractivity contribution in [3.05, 3.63) is 23.8 Å². The molecule has 1 saturated carbocycles. The summed E-state index contributed by atoms with van der Waals surface area (Å²) in [5.74, 6) is 2.06. The Bertz CT molecular complexity index is 315. The predicted octanol–water partition coefficient (Wildman–Crippen LogP) is 7.01. The van der Waals surface area contributed by atoms with Crippen LogP contribution in [0.3, 0.4) is 0 Å². The summed E-state index contributed by atoms with van der Waals surface area (Å²) in [4.78, 5) is 0. The minimum Gasteiger partial charge on any atom is -0.0804 e. The summed E-state index contributed by atoms with van der Waals surface area (Å²) in [7, 11) is 0. The van der Waals surface area contributed by atoms with Gasteiger partial charge in [0.1, 0.15) is 0 Å². The van der Waals surface area contributed by atoms with Gasteiger partial charge in [-0.3, -0.25) is 0 Å². The van der Waals surface area contributed by atoms with Gasteiger partial charge in [0.25, 0.3) is 0 Å². The van der Waals surface area contributed by atoms with E-state index in [0.717, 1.165) is 11.8 Å². The highest BCUT2D eigenvalue weighted by molar-refractivity contribution is 5.16. The lowest BCUT2D eigenvalue weighted by Gasteiger charge is -2.28. The van der Waals surface area contributed by atoms with E-state index in [1.165, 1.54) is 95.5 Å². The predicted molar refractivity (Wildman–Crippen MR) is 93.2 cm³/mol. The number of hydrogen-bond donors (Lipinski definition) is 0. The van der Waals surface area contributed by atoms with Gasteiger partial charge in [0.2, 0.25) is 0 Å². The van der Waals surface area contributed by atoms with Crippen LogP contribution < -0.4 is 0 Å². The maximum Gasteiger partial charge on any atom is -0.0195 e. The van der Waals surface area contributed by atoms with E-state index in [1.807, 2.05) is 0 Å². The quantitative estimate of drug-likeness (QED) is 0.400. The van der Waals surface area contributed by atoms with E-state index in [0.29, 0.717) is 0 Å². The second-order valence-electron chi connectivity index (χ2n) is 7.28. The molecule has 0 aliphatic heterocycles. The molecule has 21 heavy (non-hydrogen) atoms. The first-order chi connectivity index (χ1) is 10.4. The van der Waals surface area contributed by atoms with Crippen molar-refractivity contribution in [2.24, 2.45) is 11.8 Å². The van der Waals surface area contributed by atoms with Crippen molar-refractivity contribution >= 4 is 0 Å². The van der Waals surface area contributed by atoms with Crippen LogP contribution >= 0.6 is 0 Å². The zero-order chi connectivity index (χ0) is 14.8. The van der Waals surface area contributed by atoms with E-state index in [2.05, 4.69) is 25.2 Å². The molecule has 0 bridgehead atoms. The number of allylic oxidation sites excluding steroid dienone is 4. The third-order valence-corrected chi connectivity index (χ3v) is 5.49. The fourth-order valence-electron chi connectivity index (χ4n) is 3.98. The molecule has 2 rings (SSSR count). The summed E-state index contributed by atoms with van der Waals surface area (Å²) in [5.41, 5.74) is 1.49. The first-order valence-electron chi connectivity index (χ1n) is 9.65. The van der Waals surface area contributed by atoms with Crippen molar-refractivity contribution in [2.75, 3.05) is 0 Å². The summed E-state index contributed by atoms with van der Waals surface area (Å²) in [5, 5.41) is 0. The van der Waals surface area contributed by atoms with Crippen LogP contribution in [0.4, 0.5) is 0 Å². The highest BCUT2D eigenvalue weighted by Gasteiger charge is 2.20. The summed E-state index contributed by atoms with van der Waals surface area (Å²) in [6, 6.07) is 0. The summed E-state index contributed by atoms with van der Waals surface area (Å²) in [6.45, 7) is 2.30. The number of rotatable bonds is 9. The zero-order valence-corrected chi connectivity index (χ0v) is 14.2. The first kappa shape index (κ1) is 16.8. The topological polar surface area (TPSA) is 0 Å². The summed E-state index contributed by atoms with van der Waals surface area (Å²) < 4.78 is 0. The Hall–Kier alpha value is -0.520. The van der Waals surface area contributed by atoms with Crippen molar-refractivity contribution in [3.8, 4) is 0 Å². The molecule has 0 saturated heterocycles. The van der Waals surface area contributed by atoms with E-state index in [1.54, 1.807) is 0 Å². The number of hydrogen-bond acceptors (Lipinski definition) is 0. The minimum absolute atomic E-state index is 1.01. The molecule has 0 aromatic carbocycles. The lowest BCUT2D eigenvalue weighted by atomic mass is 9.77. The molecule has 0 heteroatoms. The standard InChI is InChI=1S/C21H35/c1-2-3-4-5-7-12-20-14-17-21(18-15-20)16-13-19-10-8-6-9-11-19/h8,11,20-21H,2-7,9,12-18H2,1H3/t20-,21-. The Morgan fingerprint density at radius 2 is 1.62 bits per heavy atom. The largest absolute Gasteiger partial charge is 0.0804 e. The van der Waals surface area contributed by atoms with Gasteiger partial charge in [-0.25, -0.2) is 0 Å². The van der Waals surface area contributed by atoms with E-state index in [-0.39, 0.29) is 0 Å². The fourth-order valence-corrected chi connectivity index (χ4v) is 3.98. The molecule has 119 valence electrons. The van der Waals surface area contributed by atoms with Crippen molar-refractivity contribution in [3.63, 3.8) is 0 Å². The van der Waals surface area contributed by atoms with Gasteiger partial charge in [-0.05, 0) is 49.2 Å². The van der Waals surface area contributed by atoms with Gasteiger partial charge in [0.15, 0.2) is 0 Å². The van der Waals surface area contributed by atoms with E-state index < -0.39 is 0 Å². The molecule has 0 heterocycles. The number of unbranched alkanes of at least 4 members (excludes halogenated alkanes) is 4. The van der Waals surface area contributed by atoms with Crippen LogP contribution in [-0.2, 0) is 0 Å². The van der Waals surface area contributed by atoms with Crippen LogP contribution in [0.1, 0.15) is 96.8 Å². The van der Waals surface area contributed by atoms with Gasteiger partial charge in [-0.15, -0.1) is 0 Å². The molecule has 2 aliphatic carbocycles. The molecule has 0 atom stereocenters. The van der Waals surface area contributed by atoms with Gasteiger partial charge in [0.05, 0.1) is 0 Å². The molecular weight excluding hydrogens is 252 g/mol. The third kappa shape index (κ3) is 6.85. The molecule has 0 amide bonds. The monoisotopic (exact) mass is 287 g/mol. The van der Waals surface area contributed by atoms with Gasteiger partial charge in [-0.1, -0.05) is 83.3 Å². The summed E-state index contributed by atoms with van der Waals surface area (Å²) in [6.07, 6.45) is 28.0. The van der Waals surface area contributed by atoms with Crippen molar-refractivity contribution in [2.45, 2.75) is 96.8 Å². The van der Waals surface area contributed by atoms with Gasteiger partial charge in [0, 0.05) is 0 Å². The molecule has 0 spiro atoms. The molecule has 2 aliphatic rings. The molecule has 1 fully saturated rings. The summed E-state index contributed by atoms with van der Waals surface area (Å²) >= 11 is 0. The average molecular weight is 288 g/mol. The van der Waals surface area contributed by atoms with Crippen molar-refractivity contribution in [1.82, 2.24) is 0 Å². The fraction of sp³-hybridized carbons (Fsp3) is 0.810. The lowest BCUT2D eigenvalue weighted by Crippen LogP contribution is -2.14. The van der Waals surface area contributed by atoms with Crippen LogP contribution in [0.15, 0.2) is 17.7 Å². The molecule has 0 unspecified atom stereocenters. The Labute approximate surface area is 133 Å². The Balaban J connectivity index is 1.51. The van der Waals surface area contributed by atoms with Crippen molar-refractivity contribution in [1.29, 1.82) is 0 Å². The van der Waals surface area contributed by atoms with Gasteiger partial charge >= 0.3 is 0 Å². The van der Waals surface area contributed by atoms with Crippen molar-refractivity contribution < 1.29 is 0 Å². The lowest BCUT2D eigenvalue weighted by molar-refractivity contribution is 0.249. The Morgan fingerprint density at radius 1 is 0.905 bits per heavy atom. The van der Waals surface area contributed by atoms with Crippen LogP contribution in [0.2, 0.25) is 0 Å². The molecule has 0 aromatic rings. The smallest absolute Gasteiger partial charge is 0.0195 e. The van der Waals surface area contributed by atoms with Gasteiger partial charge in [-0.2, -0.15) is 0 Å². The first-order valence-corrected chi connectivity index (χ1v) is 9.65. The SMILES string of the molecule is CCCCCCC[C@H]1CC[C@H](CCC2=CCCC=[C]2)CC1. The normalized spacial score (nSPS) is 25.9. The molecular formula is C21H35.